The lowest BCUT2D eigenvalue weighted by atomic mass is 9.67. The summed E-state index contributed by atoms with van der Waals surface area (Å²) in [5.74, 6) is 0. The summed E-state index contributed by atoms with van der Waals surface area (Å²) in [5, 5.41) is 7.54. The highest BCUT2D eigenvalue weighted by molar-refractivity contribution is 6.22. The second-order valence-corrected chi connectivity index (χ2v) is 18.3. The van der Waals surface area contributed by atoms with Crippen LogP contribution in [0.5, 0.6) is 0 Å². The number of benzene rings is 11. The average molecular weight is 813 g/mol. The largest absolute Gasteiger partial charge is 0.0713 e. The second-order valence-electron chi connectivity index (χ2n) is 18.3. The van der Waals surface area contributed by atoms with Gasteiger partial charge in [0, 0.05) is 5.41 Å². The van der Waals surface area contributed by atoms with Crippen LogP contribution in [-0.4, -0.2) is 0 Å². The van der Waals surface area contributed by atoms with Crippen molar-refractivity contribution in [2.45, 2.75) is 24.7 Å². The highest BCUT2D eigenvalue weighted by Crippen LogP contribution is 2.58. The highest BCUT2D eigenvalue weighted by atomic mass is 14.5. The van der Waals surface area contributed by atoms with Crippen molar-refractivity contribution in [3.63, 3.8) is 0 Å². The molecule has 64 heavy (non-hydrogen) atoms. The molecule has 0 nitrogen and oxygen atoms in total. The van der Waals surface area contributed by atoms with E-state index in [1.54, 1.807) is 0 Å². The van der Waals surface area contributed by atoms with Crippen molar-refractivity contribution in [1.29, 1.82) is 0 Å². The third-order valence-corrected chi connectivity index (χ3v) is 14.7. The second kappa shape index (κ2) is 13.9. The zero-order chi connectivity index (χ0) is 42.6. The lowest BCUT2D eigenvalue weighted by Gasteiger charge is -2.34. The van der Waals surface area contributed by atoms with Crippen LogP contribution in [0, 0.1) is 0 Å². The zero-order valence-electron chi connectivity index (χ0n) is 35.9. The minimum absolute atomic E-state index is 0.117. The normalized spacial score (nSPS) is 14.0. The molecule has 0 spiro atoms. The van der Waals surface area contributed by atoms with E-state index < -0.39 is 5.41 Å². The molecule has 0 saturated heterocycles. The predicted octanol–water partition coefficient (Wildman–Crippen LogP) is 16.8. The molecule has 0 saturated carbocycles. The van der Waals surface area contributed by atoms with E-state index in [4.69, 9.17) is 0 Å². The van der Waals surface area contributed by atoms with Gasteiger partial charge in [-0.2, -0.15) is 0 Å². The van der Waals surface area contributed by atoms with Gasteiger partial charge in [0.05, 0.1) is 5.41 Å². The monoisotopic (exact) mass is 812 g/mol. The number of hydrogen-bond acceptors (Lipinski definition) is 0. The SMILES string of the molecule is CC1(C)c2ccccc2-c2ccc(-c3c4ccccc4c(-c4ccc5c(c4)C(c4ccccc4)(c4ccccc4)c4ccccc4-5)c4ccc(-c5cccc6ccccc56)cc34)cc21. The van der Waals surface area contributed by atoms with Crippen molar-refractivity contribution in [3.8, 4) is 55.6 Å². The minimum atomic E-state index is -0.494. The van der Waals surface area contributed by atoms with Crippen LogP contribution in [0.1, 0.15) is 47.2 Å². The van der Waals surface area contributed by atoms with Gasteiger partial charge in [-0.15, -0.1) is 0 Å². The van der Waals surface area contributed by atoms with Gasteiger partial charge in [-0.25, -0.2) is 0 Å². The molecule has 0 heteroatoms. The molecule has 300 valence electrons. The topological polar surface area (TPSA) is 0 Å². The molecule has 2 aliphatic carbocycles. The minimum Gasteiger partial charge on any atom is -0.0622 e. The first-order valence-corrected chi connectivity index (χ1v) is 22.6. The van der Waals surface area contributed by atoms with E-state index >= 15 is 0 Å². The Morgan fingerprint density at radius 3 is 1.41 bits per heavy atom. The molecule has 0 amide bonds. The summed E-state index contributed by atoms with van der Waals surface area (Å²) >= 11 is 0. The van der Waals surface area contributed by atoms with E-state index in [9.17, 15) is 0 Å². The van der Waals surface area contributed by atoms with Gasteiger partial charge < -0.3 is 0 Å². The van der Waals surface area contributed by atoms with Crippen LogP contribution in [0.4, 0.5) is 0 Å². The third-order valence-electron chi connectivity index (χ3n) is 14.7. The van der Waals surface area contributed by atoms with Crippen LogP contribution in [0.25, 0.3) is 88.0 Å². The van der Waals surface area contributed by atoms with Gasteiger partial charge in [0.15, 0.2) is 0 Å². The summed E-state index contributed by atoms with van der Waals surface area (Å²) in [5.41, 5.74) is 20.1. The smallest absolute Gasteiger partial charge is 0.0622 e. The van der Waals surface area contributed by atoms with Gasteiger partial charge in [0.25, 0.3) is 0 Å². The molecular formula is C64H44. The van der Waals surface area contributed by atoms with Crippen molar-refractivity contribution in [1.82, 2.24) is 0 Å². The van der Waals surface area contributed by atoms with Gasteiger partial charge in [0.1, 0.15) is 0 Å². The molecule has 0 aromatic heterocycles. The van der Waals surface area contributed by atoms with Crippen LogP contribution in [0.3, 0.4) is 0 Å². The Morgan fingerprint density at radius 1 is 0.266 bits per heavy atom. The van der Waals surface area contributed by atoms with Crippen molar-refractivity contribution in [2.24, 2.45) is 0 Å². The van der Waals surface area contributed by atoms with Gasteiger partial charge >= 0.3 is 0 Å². The summed E-state index contributed by atoms with van der Waals surface area (Å²) in [6, 6.07) is 86.8. The molecule has 2 aliphatic rings. The Labute approximate surface area is 374 Å². The first kappa shape index (κ1) is 36.8. The van der Waals surface area contributed by atoms with E-state index in [0.29, 0.717) is 0 Å². The van der Waals surface area contributed by atoms with E-state index in [1.165, 1.54) is 121 Å². The standard InChI is InChI=1S/C64H44/c1-63(2)57-30-15-13-25-49(57)51-35-33-43(39-59(51)63)62-54-28-12-11-27-53(54)61(55-37-32-42(38-56(55)62)48-29-17-19-41-18-9-10-24-47(41)48)44-34-36-52-50-26-14-16-31-58(50)64(60(52)40-44,45-20-5-3-6-21-45)46-22-7-4-8-23-46/h3-40H,1-2H3. The zero-order valence-corrected chi connectivity index (χ0v) is 35.9. The van der Waals surface area contributed by atoms with Crippen LogP contribution < -0.4 is 0 Å². The van der Waals surface area contributed by atoms with Gasteiger partial charge in [-0.05, 0) is 140 Å². The first-order valence-electron chi connectivity index (χ1n) is 22.6. The van der Waals surface area contributed by atoms with Gasteiger partial charge in [0.2, 0.25) is 0 Å². The maximum absolute atomic E-state index is 2.53. The molecule has 11 aromatic rings. The molecule has 0 aliphatic heterocycles. The fraction of sp³-hybridized carbons (Fsp3) is 0.0625. The van der Waals surface area contributed by atoms with Crippen LogP contribution in [-0.2, 0) is 10.8 Å². The van der Waals surface area contributed by atoms with Crippen molar-refractivity contribution < 1.29 is 0 Å². The molecule has 0 atom stereocenters. The Morgan fingerprint density at radius 2 is 0.719 bits per heavy atom. The fourth-order valence-electron chi connectivity index (χ4n) is 11.9. The average Bonchev–Trinajstić information content (AvgIpc) is 3.78. The molecule has 0 heterocycles. The molecule has 0 radical (unpaired) electrons. The number of rotatable bonds is 5. The van der Waals surface area contributed by atoms with Crippen molar-refractivity contribution >= 4 is 32.3 Å². The van der Waals surface area contributed by atoms with Crippen molar-refractivity contribution in [2.75, 3.05) is 0 Å². The fourth-order valence-corrected chi connectivity index (χ4v) is 11.9. The molecule has 0 N–H and O–H groups in total. The Balaban J connectivity index is 1.12. The third kappa shape index (κ3) is 5.11. The predicted molar refractivity (Wildman–Crippen MR) is 270 cm³/mol. The summed E-state index contributed by atoms with van der Waals surface area (Å²) in [6.45, 7) is 4.77. The van der Waals surface area contributed by atoms with Gasteiger partial charge in [-0.3, -0.25) is 0 Å². The Bertz CT molecular complexity index is 3640. The maximum Gasteiger partial charge on any atom is 0.0713 e. The Kier molecular flexibility index (Phi) is 7.97. The summed E-state index contributed by atoms with van der Waals surface area (Å²) in [6.07, 6.45) is 0. The van der Waals surface area contributed by atoms with Crippen LogP contribution in [0.15, 0.2) is 231 Å². The van der Waals surface area contributed by atoms with E-state index in [-0.39, 0.29) is 5.41 Å². The Hall–Kier alpha value is -7.80. The van der Waals surface area contributed by atoms with E-state index in [0.717, 1.165) is 0 Å². The summed E-state index contributed by atoms with van der Waals surface area (Å²) < 4.78 is 0. The molecule has 0 bridgehead atoms. The molecule has 0 fully saturated rings. The van der Waals surface area contributed by atoms with E-state index in [1.807, 2.05) is 0 Å². The van der Waals surface area contributed by atoms with Gasteiger partial charge in [-0.1, -0.05) is 226 Å². The summed E-state index contributed by atoms with van der Waals surface area (Å²) in [4.78, 5) is 0. The maximum atomic E-state index is 2.53. The summed E-state index contributed by atoms with van der Waals surface area (Å²) in [7, 11) is 0. The quantitative estimate of drug-likeness (QED) is 0.152. The molecule has 13 rings (SSSR count). The number of fused-ring (bicyclic) bond motifs is 9. The lowest BCUT2D eigenvalue weighted by Crippen LogP contribution is -2.28. The van der Waals surface area contributed by atoms with Crippen LogP contribution >= 0.6 is 0 Å². The highest BCUT2D eigenvalue weighted by Gasteiger charge is 2.46. The molecular weight excluding hydrogens is 769 g/mol. The van der Waals surface area contributed by atoms with Crippen molar-refractivity contribution in [3.05, 3.63) is 264 Å². The molecule has 0 unspecified atom stereocenters. The van der Waals surface area contributed by atoms with E-state index in [2.05, 4.69) is 244 Å². The molecule has 11 aromatic carbocycles. The van der Waals surface area contributed by atoms with Crippen LogP contribution in [0.2, 0.25) is 0 Å². The lowest BCUT2D eigenvalue weighted by molar-refractivity contribution is 0.660. The first-order chi connectivity index (χ1) is 31.5. The number of hydrogen-bond donors (Lipinski definition) is 0.